The maximum atomic E-state index is 5.16. The maximum Gasteiger partial charge on any atom is 0.144 e. The summed E-state index contributed by atoms with van der Waals surface area (Å²) in [6, 6.07) is 0. The Morgan fingerprint density at radius 3 is 2.88 bits per heavy atom. The van der Waals surface area contributed by atoms with Gasteiger partial charge in [-0.05, 0) is 26.8 Å². The van der Waals surface area contributed by atoms with Crippen LogP contribution in [0.2, 0.25) is 0 Å². The molecule has 0 fully saturated rings. The monoisotopic (exact) mass is 251 g/mol. The molecule has 0 bridgehead atoms. The van der Waals surface area contributed by atoms with Gasteiger partial charge in [-0.2, -0.15) is 0 Å². The second kappa shape index (κ2) is 5.42. The van der Waals surface area contributed by atoms with Crippen LogP contribution in [0.1, 0.15) is 29.7 Å². The van der Waals surface area contributed by atoms with E-state index in [4.69, 9.17) is 4.52 Å². The Kier molecular flexibility index (Phi) is 3.91. The number of thiazole rings is 1. The molecular weight excluding hydrogens is 234 g/mol. The first kappa shape index (κ1) is 12.3. The van der Waals surface area contributed by atoms with Gasteiger partial charge in [0, 0.05) is 17.6 Å². The van der Waals surface area contributed by atoms with E-state index >= 15 is 0 Å². The van der Waals surface area contributed by atoms with Crippen LogP contribution in [0, 0.1) is 13.8 Å². The molecule has 92 valence electrons. The lowest BCUT2D eigenvalue weighted by Crippen LogP contribution is -2.12. The molecule has 0 aliphatic carbocycles. The fourth-order valence-electron chi connectivity index (χ4n) is 1.68. The second-order valence-corrected chi connectivity index (χ2v) is 5.12. The van der Waals surface area contributed by atoms with Crippen LogP contribution in [0.15, 0.2) is 10.7 Å². The van der Waals surface area contributed by atoms with E-state index in [1.54, 1.807) is 11.3 Å². The molecule has 4 nitrogen and oxygen atoms in total. The van der Waals surface area contributed by atoms with E-state index in [-0.39, 0.29) is 0 Å². The molecule has 0 saturated carbocycles. The Morgan fingerprint density at radius 2 is 2.24 bits per heavy atom. The van der Waals surface area contributed by atoms with Gasteiger partial charge < -0.3 is 9.84 Å². The number of nitrogens with one attached hydrogen (secondary N) is 1. The third kappa shape index (κ3) is 2.73. The number of aryl methyl sites for hydroxylation is 2. The molecule has 0 saturated heterocycles. The van der Waals surface area contributed by atoms with Gasteiger partial charge in [-0.1, -0.05) is 12.1 Å². The lowest BCUT2D eigenvalue weighted by atomic mass is 10.2. The zero-order valence-corrected chi connectivity index (χ0v) is 11.2. The van der Waals surface area contributed by atoms with Crippen LogP contribution in [0.4, 0.5) is 0 Å². The lowest BCUT2D eigenvalue weighted by molar-refractivity contribution is 0.393. The van der Waals surface area contributed by atoms with Crippen LogP contribution >= 0.6 is 11.3 Å². The molecule has 0 aliphatic heterocycles. The standard InChI is InChI=1S/C12H17N3OS/c1-4-5-13-6-10-7-14-12(17-10)11-8(2)15-16-9(11)3/h7,13H,4-6H2,1-3H3. The van der Waals surface area contributed by atoms with Crippen LogP contribution in [0.25, 0.3) is 10.6 Å². The highest BCUT2D eigenvalue weighted by atomic mass is 32.1. The molecule has 2 aromatic rings. The van der Waals surface area contributed by atoms with Gasteiger partial charge in [-0.3, -0.25) is 0 Å². The zero-order chi connectivity index (χ0) is 12.3. The molecule has 0 unspecified atom stereocenters. The summed E-state index contributed by atoms with van der Waals surface area (Å²) in [5.74, 6) is 0.838. The first-order valence-corrected chi connectivity index (χ1v) is 6.62. The van der Waals surface area contributed by atoms with Crippen molar-refractivity contribution < 1.29 is 4.52 Å². The highest BCUT2D eigenvalue weighted by molar-refractivity contribution is 7.15. The number of rotatable bonds is 5. The molecule has 17 heavy (non-hydrogen) atoms. The van der Waals surface area contributed by atoms with Gasteiger partial charge in [-0.15, -0.1) is 11.3 Å². The van der Waals surface area contributed by atoms with Gasteiger partial charge in [0.1, 0.15) is 10.8 Å². The van der Waals surface area contributed by atoms with Gasteiger partial charge in [0.05, 0.1) is 11.3 Å². The molecule has 0 spiro atoms. The Hall–Kier alpha value is -1.20. The molecule has 5 heteroatoms. The van der Waals surface area contributed by atoms with Crippen molar-refractivity contribution in [2.45, 2.75) is 33.7 Å². The Morgan fingerprint density at radius 1 is 1.41 bits per heavy atom. The molecule has 1 N–H and O–H groups in total. The van der Waals surface area contributed by atoms with Gasteiger partial charge >= 0.3 is 0 Å². The minimum atomic E-state index is 0.838. The average molecular weight is 251 g/mol. The largest absolute Gasteiger partial charge is 0.361 e. The summed E-state index contributed by atoms with van der Waals surface area (Å²) in [6.07, 6.45) is 3.07. The van der Waals surface area contributed by atoms with Crippen molar-refractivity contribution in [3.8, 4) is 10.6 Å². The van der Waals surface area contributed by atoms with E-state index in [2.05, 4.69) is 22.4 Å². The van der Waals surface area contributed by atoms with Crippen molar-refractivity contribution in [3.63, 3.8) is 0 Å². The van der Waals surface area contributed by atoms with E-state index in [0.717, 1.165) is 41.5 Å². The summed E-state index contributed by atoms with van der Waals surface area (Å²) in [6.45, 7) is 7.95. The Labute approximate surface area is 105 Å². The predicted molar refractivity (Wildman–Crippen MR) is 69.1 cm³/mol. The normalized spacial score (nSPS) is 11.0. The highest BCUT2D eigenvalue weighted by Gasteiger charge is 2.14. The van der Waals surface area contributed by atoms with E-state index in [0.29, 0.717) is 0 Å². The average Bonchev–Trinajstić information content (AvgIpc) is 2.87. The predicted octanol–water partition coefficient (Wildman–Crippen LogP) is 2.91. The quantitative estimate of drug-likeness (QED) is 0.830. The number of hydrogen-bond donors (Lipinski definition) is 1. The van der Waals surface area contributed by atoms with Gasteiger partial charge in [0.15, 0.2) is 0 Å². The van der Waals surface area contributed by atoms with Crippen molar-refractivity contribution in [3.05, 3.63) is 22.5 Å². The van der Waals surface area contributed by atoms with E-state index in [1.807, 2.05) is 20.0 Å². The number of hydrogen-bond acceptors (Lipinski definition) is 5. The first-order chi connectivity index (χ1) is 8.22. The topological polar surface area (TPSA) is 51.0 Å². The fourth-order valence-corrected chi connectivity index (χ4v) is 2.71. The molecular formula is C12H17N3OS. The van der Waals surface area contributed by atoms with E-state index < -0.39 is 0 Å². The smallest absolute Gasteiger partial charge is 0.144 e. The van der Waals surface area contributed by atoms with Crippen LogP contribution in [-0.4, -0.2) is 16.7 Å². The van der Waals surface area contributed by atoms with Crippen molar-refractivity contribution in [2.75, 3.05) is 6.54 Å². The fraction of sp³-hybridized carbons (Fsp3) is 0.500. The molecule has 0 radical (unpaired) electrons. The summed E-state index contributed by atoms with van der Waals surface area (Å²) in [4.78, 5) is 5.68. The molecule has 0 atom stereocenters. The SMILES string of the molecule is CCCNCc1cnc(-c2c(C)noc2C)s1. The minimum Gasteiger partial charge on any atom is -0.361 e. The molecule has 0 aliphatic rings. The Bertz CT molecular complexity index is 470. The molecule has 2 heterocycles. The lowest BCUT2D eigenvalue weighted by Gasteiger charge is -1.98. The summed E-state index contributed by atoms with van der Waals surface area (Å²) in [5.41, 5.74) is 1.95. The van der Waals surface area contributed by atoms with Crippen LogP contribution < -0.4 is 5.32 Å². The molecule has 2 rings (SSSR count). The summed E-state index contributed by atoms with van der Waals surface area (Å²) in [7, 11) is 0. The number of aromatic nitrogens is 2. The summed E-state index contributed by atoms with van der Waals surface area (Å²) in [5, 5.41) is 8.32. The summed E-state index contributed by atoms with van der Waals surface area (Å²) >= 11 is 1.70. The maximum absolute atomic E-state index is 5.16. The number of nitrogens with zero attached hydrogens (tertiary/aromatic N) is 2. The van der Waals surface area contributed by atoms with E-state index in [1.165, 1.54) is 4.88 Å². The first-order valence-electron chi connectivity index (χ1n) is 5.81. The van der Waals surface area contributed by atoms with Crippen molar-refractivity contribution >= 4 is 11.3 Å². The molecule has 2 aromatic heterocycles. The van der Waals surface area contributed by atoms with Crippen LogP contribution in [-0.2, 0) is 6.54 Å². The minimum absolute atomic E-state index is 0.838. The zero-order valence-electron chi connectivity index (χ0n) is 10.4. The third-order valence-corrected chi connectivity index (χ3v) is 3.54. The van der Waals surface area contributed by atoms with Crippen molar-refractivity contribution in [1.29, 1.82) is 0 Å². The molecule has 0 amide bonds. The second-order valence-electron chi connectivity index (χ2n) is 4.01. The van der Waals surface area contributed by atoms with Crippen molar-refractivity contribution in [1.82, 2.24) is 15.5 Å². The Balaban J connectivity index is 2.13. The summed E-state index contributed by atoms with van der Waals surface area (Å²) < 4.78 is 5.16. The van der Waals surface area contributed by atoms with Crippen LogP contribution in [0.3, 0.4) is 0 Å². The highest BCUT2D eigenvalue weighted by Crippen LogP contribution is 2.30. The third-order valence-electron chi connectivity index (χ3n) is 2.53. The van der Waals surface area contributed by atoms with Crippen molar-refractivity contribution in [2.24, 2.45) is 0 Å². The van der Waals surface area contributed by atoms with Gasteiger partial charge in [-0.25, -0.2) is 4.98 Å². The van der Waals surface area contributed by atoms with Crippen LogP contribution in [0.5, 0.6) is 0 Å². The van der Waals surface area contributed by atoms with E-state index in [9.17, 15) is 0 Å². The van der Waals surface area contributed by atoms with Gasteiger partial charge in [0.25, 0.3) is 0 Å². The molecule has 0 aromatic carbocycles. The van der Waals surface area contributed by atoms with Gasteiger partial charge in [0.2, 0.25) is 0 Å².